The molecule has 0 aromatic heterocycles. The Kier molecular flexibility index (Phi) is 10.7. The molecule has 160 valence electrons. The van der Waals surface area contributed by atoms with Gasteiger partial charge in [0.25, 0.3) is 0 Å². The maximum absolute atomic E-state index is 9.06. The first-order chi connectivity index (χ1) is 14.6. The smallest absolute Gasteiger partial charge is 0.0801 e. The lowest BCUT2D eigenvalue weighted by Crippen LogP contribution is -2.20. The Labute approximate surface area is 186 Å². The molecule has 0 radical (unpaired) electrons. The van der Waals surface area contributed by atoms with Gasteiger partial charge in [-0.25, -0.2) is 0 Å². The van der Waals surface area contributed by atoms with Crippen LogP contribution in [0.15, 0.2) is 53.2 Å². The summed E-state index contributed by atoms with van der Waals surface area (Å²) < 4.78 is 6.05. The molecule has 4 heteroatoms. The van der Waals surface area contributed by atoms with Crippen LogP contribution in [-0.4, -0.2) is 24.7 Å². The van der Waals surface area contributed by atoms with Crippen molar-refractivity contribution in [2.75, 3.05) is 5.75 Å². The predicted octanol–water partition coefficient (Wildman–Crippen LogP) is 6.90. The highest BCUT2D eigenvalue weighted by Gasteiger charge is 2.17. The molecule has 0 saturated carbocycles. The first-order valence-corrected chi connectivity index (χ1v) is 11.8. The zero-order valence-corrected chi connectivity index (χ0v) is 19.4. The van der Waals surface area contributed by atoms with Crippen molar-refractivity contribution in [3.8, 4) is 6.07 Å². The summed E-state index contributed by atoms with van der Waals surface area (Å²) in [5.74, 6) is 0.898. The minimum atomic E-state index is 0.0132. The average molecular weight is 423 g/mol. The van der Waals surface area contributed by atoms with Crippen LogP contribution in [0.5, 0.6) is 0 Å². The van der Waals surface area contributed by atoms with Crippen molar-refractivity contribution in [1.82, 2.24) is 0 Å². The molecule has 0 amide bonds. The maximum Gasteiger partial charge on any atom is 0.0801 e. The van der Waals surface area contributed by atoms with Crippen molar-refractivity contribution in [1.29, 1.82) is 5.26 Å². The Hall–Kier alpha value is -2.09. The van der Waals surface area contributed by atoms with Crippen LogP contribution in [0.3, 0.4) is 0 Å². The molecule has 0 spiro atoms. The quantitative estimate of drug-likeness (QED) is 0.272. The number of nitriles is 1. The van der Waals surface area contributed by atoms with Crippen molar-refractivity contribution < 1.29 is 4.74 Å². The molecule has 1 unspecified atom stereocenters. The molecule has 0 saturated heterocycles. The molecular weight excluding hydrogens is 388 g/mol. The number of hydrogen-bond donors (Lipinski definition) is 0. The van der Waals surface area contributed by atoms with E-state index in [2.05, 4.69) is 48.1 Å². The number of nitrogens with zero attached hydrogens (tertiary/aromatic N) is 2. The van der Waals surface area contributed by atoms with Crippen molar-refractivity contribution in [2.24, 2.45) is 4.99 Å². The predicted molar refractivity (Wildman–Crippen MR) is 131 cm³/mol. The molecule has 0 N–H and O–H groups in total. The van der Waals surface area contributed by atoms with E-state index in [0.29, 0.717) is 6.42 Å². The number of fused-ring (bicyclic) bond motifs is 1. The molecule has 1 aliphatic carbocycles. The van der Waals surface area contributed by atoms with Gasteiger partial charge in [0.15, 0.2) is 0 Å². The molecular formula is C26H34N2OS. The monoisotopic (exact) mass is 422 g/mol. The third kappa shape index (κ3) is 7.31. The summed E-state index contributed by atoms with van der Waals surface area (Å²) in [4.78, 5) is 5.24. The molecule has 0 heterocycles. The van der Waals surface area contributed by atoms with Crippen molar-refractivity contribution >= 4 is 23.4 Å². The van der Waals surface area contributed by atoms with Gasteiger partial charge in [0.05, 0.1) is 24.7 Å². The van der Waals surface area contributed by atoms with E-state index in [0.717, 1.165) is 30.6 Å². The van der Waals surface area contributed by atoms with E-state index in [-0.39, 0.29) is 12.2 Å². The summed E-state index contributed by atoms with van der Waals surface area (Å²) in [6.45, 7) is 9.73. The molecule has 0 fully saturated rings. The lowest BCUT2D eigenvalue weighted by molar-refractivity contribution is 0.0240. The van der Waals surface area contributed by atoms with E-state index in [1.807, 2.05) is 44.8 Å². The van der Waals surface area contributed by atoms with Gasteiger partial charge in [0, 0.05) is 16.9 Å². The lowest BCUT2D eigenvalue weighted by atomic mass is 10.0. The minimum Gasteiger partial charge on any atom is -0.371 e. The van der Waals surface area contributed by atoms with E-state index in [1.165, 1.54) is 34.4 Å². The molecule has 30 heavy (non-hydrogen) atoms. The van der Waals surface area contributed by atoms with E-state index < -0.39 is 0 Å². The third-order valence-electron chi connectivity index (χ3n) is 5.22. The number of rotatable bonds is 12. The van der Waals surface area contributed by atoms with Gasteiger partial charge in [-0.15, -0.1) is 11.8 Å². The highest BCUT2D eigenvalue weighted by molar-refractivity contribution is 8.08. The second-order valence-electron chi connectivity index (χ2n) is 7.70. The number of aryl methyl sites for hydroxylation is 1. The summed E-state index contributed by atoms with van der Waals surface area (Å²) in [7, 11) is 0. The highest BCUT2D eigenvalue weighted by atomic mass is 32.2. The van der Waals surface area contributed by atoms with Crippen molar-refractivity contribution in [3.63, 3.8) is 0 Å². The largest absolute Gasteiger partial charge is 0.371 e. The van der Waals surface area contributed by atoms with Crippen LogP contribution in [0.25, 0.3) is 4.91 Å². The molecule has 1 atom stereocenters. The zero-order chi connectivity index (χ0) is 21.8. The zero-order valence-electron chi connectivity index (χ0n) is 18.6. The standard InChI is InChI=1S/C26H34N2OS/c1-5-21(16-17-27)25(29-20(2)3)15-7-6-8-18-30-26(19-28-4)24-14-10-12-22-11-9-13-23(22)24/h5-6,8,10,12,14,19-20,25H,4,7,9,11,13,15-16,18H2,1-3H3/b8-6+,21-5-,26-19-. The van der Waals surface area contributed by atoms with Crippen LogP contribution in [-0.2, 0) is 17.6 Å². The molecule has 3 nitrogen and oxygen atoms in total. The van der Waals surface area contributed by atoms with Gasteiger partial charge in [-0.2, -0.15) is 5.26 Å². The van der Waals surface area contributed by atoms with Gasteiger partial charge in [0.1, 0.15) is 0 Å². The van der Waals surface area contributed by atoms with Gasteiger partial charge in [0.2, 0.25) is 0 Å². The van der Waals surface area contributed by atoms with E-state index in [9.17, 15) is 0 Å². The topological polar surface area (TPSA) is 45.4 Å². The number of thioether (sulfide) groups is 1. The van der Waals surface area contributed by atoms with Gasteiger partial charge in [-0.05, 0) is 81.9 Å². The van der Waals surface area contributed by atoms with E-state index >= 15 is 0 Å². The molecule has 1 aromatic rings. The van der Waals surface area contributed by atoms with Crippen LogP contribution in [0.2, 0.25) is 0 Å². The molecule has 1 aromatic carbocycles. The summed E-state index contributed by atoms with van der Waals surface area (Å²) in [5, 5.41) is 9.06. The van der Waals surface area contributed by atoms with Crippen LogP contribution in [0, 0.1) is 11.3 Å². The van der Waals surface area contributed by atoms with Gasteiger partial charge < -0.3 is 4.74 Å². The lowest BCUT2D eigenvalue weighted by Gasteiger charge is -2.21. The minimum absolute atomic E-state index is 0.0132. The fourth-order valence-corrected chi connectivity index (χ4v) is 4.76. The number of allylic oxidation sites excluding steroid dienone is 2. The summed E-state index contributed by atoms with van der Waals surface area (Å²) >= 11 is 1.81. The summed E-state index contributed by atoms with van der Waals surface area (Å²) in [6.07, 6.45) is 14.3. The number of aliphatic imine (C=N–C) groups is 1. The van der Waals surface area contributed by atoms with Crippen molar-refractivity contribution in [2.45, 2.75) is 71.5 Å². The Balaban J connectivity index is 1.91. The fraction of sp³-hybridized carbons (Fsp3) is 0.462. The highest BCUT2D eigenvalue weighted by Crippen LogP contribution is 2.35. The Morgan fingerprint density at radius 3 is 2.87 bits per heavy atom. The van der Waals surface area contributed by atoms with Crippen LogP contribution in [0.4, 0.5) is 0 Å². The van der Waals surface area contributed by atoms with Gasteiger partial charge in [-0.1, -0.05) is 36.4 Å². The normalized spacial score (nSPS) is 15.4. The van der Waals surface area contributed by atoms with Gasteiger partial charge >= 0.3 is 0 Å². The summed E-state index contributed by atoms with van der Waals surface area (Å²) in [5.41, 5.74) is 5.35. The number of benzene rings is 1. The Morgan fingerprint density at radius 2 is 2.17 bits per heavy atom. The van der Waals surface area contributed by atoms with E-state index in [4.69, 9.17) is 10.00 Å². The van der Waals surface area contributed by atoms with E-state index in [1.54, 1.807) is 0 Å². The van der Waals surface area contributed by atoms with Gasteiger partial charge in [-0.3, -0.25) is 4.99 Å². The molecule has 2 rings (SSSR count). The number of ether oxygens (including phenoxy) is 1. The Morgan fingerprint density at radius 1 is 1.33 bits per heavy atom. The second-order valence-corrected chi connectivity index (χ2v) is 8.77. The second kappa shape index (κ2) is 13.3. The molecule has 0 bridgehead atoms. The molecule has 1 aliphatic rings. The Bertz CT molecular complexity index is 830. The number of hydrogen-bond acceptors (Lipinski definition) is 4. The first kappa shape index (κ1) is 24.2. The average Bonchev–Trinajstić information content (AvgIpc) is 3.21. The molecule has 0 aliphatic heterocycles. The van der Waals surface area contributed by atoms with Crippen LogP contribution >= 0.6 is 11.8 Å². The third-order valence-corrected chi connectivity index (χ3v) is 6.22. The first-order valence-electron chi connectivity index (χ1n) is 10.8. The van der Waals surface area contributed by atoms with Crippen LogP contribution in [0.1, 0.15) is 63.1 Å². The van der Waals surface area contributed by atoms with Crippen molar-refractivity contribution in [3.05, 3.63) is 64.9 Å². The summed E-state index contributed by atoms with van der Waals surface area (Å²) in [6, 6.07) is 8.86. The SMILES string of the molecule is C=N/C=C(\SC/C=C/CCC(OC(C)C)/C(=C\C)CC#N)c1cccc2c1CCC2. The maximum atomic E-state index is 9.06. The van der Waals surface area contributed by atoms with Crippen LogP contribution < -0.4 is 0 Å². The fourth-order valence-electron chi connectivity index (χ4n) is 3.85.